The molecule has 0 saturated carbocycles. The van der Waals surface area contributed by atoms with Gasteiger partial charge in [-0.15, -0.1) is 0 Å². The summed E-state index contributed by atoms with van der Waals surface area (Å²) >= 11 is 0. The first-order valence-corrected chi connectivity index (χ1v) is 9.91. The Bertz CT molecular complexity index is 1410. The van der Waals surface area contributed by atoms with Crippen LogP contribution < -0.4 is 4.74 Å². The van der Waals surface area contributed by atoms with Crippen LogP contribution in [0.15, 0.2) is 54.9 Å². The number of rotatable bonds is 1. The highest BCUT2D eigenvalue weighted by Crippen LogP contribution is 2.45. The van der Waals surface area contributed by atoms with Crippen molar-refractivity contribution < 1.29 is 14.3 Å². The lowest BCUT2D eigenvalue weighted by Crippen LogP contribution is -2.20. The lowest BCUT2D eigenvalue weighted by atomic mass is 9.85. The molecular formula is C25H18N2O3. The van der Waals surface area contributed by atoms with Crippen molar-refractivity contribution in [3.63, 3.8) is 0 Å². The third kappa shape index (κ3) is 2.15. The molecule has 0 spiro atoms. The summed E-state index contributed by atoms with van der Waals surface area (Å²) < 4.78 is 6.05. The van der Waals surface area contributed by atoms with E-state index in [1.54, 1.807) is 6.07 Å². The van der Waals surface area contributed by atoms with E-state index in [9.17, 15) is 9.59 Å². The van der Waals surface area contributed by atoms with Crippen LogP contribution in [0.2, 0.25) is 0 Å². The van der Waals surface area contributed by atoms with Gasteiger partial charge < -0.3 is 9.72 Å². The van der Waals surface area contributed by atoms with Gasteiger partial charge in [0.15, 0.2) is 5.78 Å². The normalized spacial score (nSPS) is 16.2. The number of carbonyl (C=O) groups is 2. The Kier molecular flexibility index (Phi) is 3.24. The molecule has 0 radical (unpaired) electrons. The largest absolute Gasteiger partial charge is 0.492 e. The maximum Gasteiger partial charge on any atom is 0.210 e. The van der Waals surface area contributed by atoms with Gasteiger partial charge in [-0.2, -0.15) is 0 Å². The fraction of sp³-hybridized carbons (Fsp3) is 0.160. The Morgan fingerprint density at radius 1 is 1.00 bits per heavy atom. The number of benzene rings is 2. The van der Waals surface area contributed by atoms with Gasteiger partial charge in [-0.3, -0.25) is 14.6 Å². The summed E-state index contributed by atoms with van der Waals surface area (Å²) in [7, 11) is 0. The van der Waals surface area contributed by atoms with Crippen molar-refractivity contribution in [1.82, 2.24) is 9.97 Å². The van der Waals surface area contributed by atoms with Crippen molar-refractivity contribution in [2.45, 2.75) is 19.3 Å². The van der Waals surface area contributed by atoms with Crippen molar-refractivity contribution in [2.24, 2.45) is 0 Å². The summed E-state index contributed by atoms with van der Waals surface area (Å²) in [6.07, 6.45) is 3.01. The van der Waals surface area contributed by atoms with Gasteiger partial charge in [-0.05, 0) is 23.8 Å². The predicted molar refractivity (Wildman–Crippen MR) is 113 cm³/mol. The standard InChI is InChI=1S/C25H18N2O3/c1-25(2)12-30-24-14(4-3-5-18(24)25)13-6-7-19-16(10-13)20-21(27-19)23(29)15-8-9-26-11-17(15)22(20)28/h3-11,27H,12H2,1-2H3. The first-order chi connectivity index (χ1) is 14.5. The van der Waals surface area contributed by atoms with Gasteiger partial charge in [0.25, 0.3) is 0 Å². The number of para-hydroxylation sites is 1. The summed E-state index contributed by atoms with van der Waals surface area (Å²) in [6.45, 7) is 4.98. The molecule has 3 heterocycles. The van der Waals surface area contributed by atoms with E-state index in [1.165, 1.54) is 18.0 Å². The molecule has 5 nitrogen and oxygen atoms in total. The molecule has 146 valence electrons. The molecular weight excluding hydrogens is 376 g/mol. The third-order valence-electron chi connectivity index (χ3n) is 6.20. The van der Waals surface area contributed by atoms with Crippen LogP contribution in [0.3, 0.4) is 0 Å². The molecule has 0 atom stereocenters. The minimum atomic E-state index is -0.176. The van der Waals surface area contributed by atoms with Crippen LogP contribution >= 0.6 is 0 Å². The van der Waals surface area contributed by atoms with Crippen LogP contribution in [-0.2, 0) is 5.41 Å². The maximum absolute atomic E-state index is 13.2. The average Bonchev–Trinajstić information content (AvgIpc) is 3.29. The number of fused-ring (bicyclic) bond motifs is 5. The number of aromatic amines is 1. The van der Waals surface area contributed by atoms with E-state index in [1.807, 2.05) is 30.3 Å². The molecule has 2 aliphatic rings. The quantitative estimate of drug-likeness (QED) is 0.448. The Labute approximate surface area is 172 Å². The average molecular weight is 394 g/mol. The summed E-state index contributed by atoms with van der Waals surface area (Å²) in [5, 5.41) is 0.741. The van der Waals surface area contributed by atoms with Gasteiger partial charge in [0, 0.05) is 45.4 Å². The van der Waals surface area contributed by atoms with Crippen LogP contribution in [0.4, 0.5) is 0 Å². The molecule has 1 N–H and O–H groups in total. The topological polar surface area (TPSA) is 72.1 Å². The second kappa shape index (κ2) is 5.66. The summed E-state index contributed by atoms with van der Waals surface area (Å²) in [5.41, 5.74) is 5.37. The number of nitrogens with zero attached hydrogens (tertiary/aromatic N) is 1. The molecule has 0 fully saturated rings. The molecule has 0 bridgehead atoms. The number of pyridine rings is 1. The van der Waals surface area contributed by atoms with E-state index in [4.69, 9.17) is 4.74 Å². The Morgan fingerprint density at radius 3 is 2.73 bits per heavy atom. The molecule has 6 rings (SSSR count). The minimum absolute atomic E-state index is 0.0399. The molecule has 2 aromatic heterocycles. The highest BCUT2D eigenvalue weighted by atomic mass is 16.5. The van der Waals surface area contributed by atoms with Crippen LogP contribution in [0, 0.1) is 0 Å². The number of ketones is 2. The number of H-pyrrole nitrogens is 1. The second-order valence-corrected chi connectivity index (χ2v) is 8.57. The summed E-state index contributed by atoms with van der Waals surface area (Å²) in [4.78, 5) is 33.4. The minimum Gasteiger partial charge on any atom is -0.492 e. The van der Waals surface area contributed by atoms with Gasteiger partial charge in [0.2, 0.25) is 5.78 Å². The molecule has 4 aromatic rings. The van der Waals surface area contributed by atoms with Crippen molar-refractivity contribution in [3.05, 3.63) is 82.8 Å². The number of hydrogen-bond acceptors (Lipinski definition) is 4. The van der Waals surface area contributed by atoms with E-state index in [0.29, 0.717) is 29.0 Å². The number of hydrogen-bond donors (Lipinski definition) is 1. The van der Waals surface area contributed by atoms with E-state index in [0.717, 1.165) is 27.8 Å². The van der Waals surface area contributed by atoms with Gasteiger partial charge in [0.1, 0.15) is 5.75 Å². The fourth-order valence-electron chi connectivity index (χ4n) is 4.59. The van der Waals surface area contributed by atoms with E-state index in [2.05, 4.69) is 29.9 Å². The molecule has 1 aliphatic carbocycles. The number of carbonyl (C=O) groups excluding carboxylic acids is 2. The Morgan fingerprint density at radius 2 is 1.87 bits per heavy atom. The highest BCUT2D eigenvalue weighted by molar-refractivity contribution is 6.32. The molecule has 0 saturated heterocycles. The first kappa shape index (κ1) is 17.2. The Balaban J connectivity index is 1.57. The smallest absolute Gasteiger partial charge is 0.210 e. The lowest BCUT2D eigenvalue weighted by Gasteiger charge is -2.15. The number of aromatic nitrogens is 2. The molecule has 5 heteroatoms. The summed E-state index contributed by atoms with van der Waals surface area (Å²) in [6, 6.07) is 13.7. The lowest BCUT2D eigenvalue weighted by molar-refractivity contribution is 0.0977. The van der Waals surface area contributed by atoms with E-state index >= 15 is 0 Å². The van der Waals surface area contributed by atoms with Crippen LogP contribution in [0.5, 0.6) is 5.75 Å². The van der Waals surface area contributed by atoms with Crippen molar-refractivity contribution in [1.29, 1.82) is 0 Å². The van der Waals surface area contributed by atoms with Gasteiger partial charge in [0.05, 0.1) is 23.4 Å². The third-order valence-corrected chi connectivity index (χ3v) is 6.20. The van der Waals surface area contributed by atoms with Gasteiger partial charge >= 0.3 is 0 Å². The highest BCUT2D eigenvalue weighted by Gasteiger charge is 2.35. The maximum atomic E-state index is 13.2. The molecule has 1 aliphatic heterocycles. The molecule has 0 unspecified atom stereocenters. The van der Waals surface area contributed by atoms with Crippen LogP contribution in [0.25, 0.3) is 22.0 Å². The first-order valence-electron chi connectivity index (χ1n) is 9.91. The van der Waals surface area contributed by atoms with Gasteiger partial charge in [-0.25, -0.2) is 0 Å². The Hall–Kier alpha value is -3.73. The van der Waals surface area contributed by atoms with Gasteiger partial charge in [-0.1, -0.05) is 38.1 Å². The van der Waals surface area contributed by atoms with E-state index in [-0.39, 0.29) is 17.0 Å². The van der Waals surface area contributed by atoms with E-state index < -0.39 is 0 Å². The summed E-state index contributed by atoms with van der Waals surface area (Å²) in [5.74, 6) is 0.542. The zero-order chi connectivity index (χ0) is 20.6. The van der Waals surface area contributed by atoms with Crippen molar-refractivity contribution in [3.8, 4) is 16.9 Å². The number of nitrogens with one attached hydrogen (secondary N) is 1. The molecule has 30 heavy (non-hydrogen) atoms. The number of ether oxygens (including phenoxy) is 1. The fourth-order valence-corrected chi connectivity index (χ4v) is 4.59. The van der Waals surface area contributed by atoms with Crippen LogP contribution in [0.1, 0.15) is 51.4 Å². The molecule has 2 aromatic carbocycles. The van der Waals surface area contributed by atoms with Crippen LogP contribution in [-0.4, -0.2) is 28.1 Å². The SMILES string of the molecule is CC1(C)COc2c(-c3ccc4[nH]c5c(c4c3)C(=O)c3cnccc3C5=O)cccc21. The zero-order valence-electron chi connectivity index (χ0n) is 16.6. The van der Waals surface area contributed by atoms with Crippen molar-refractivity contribution in [2.75, 3.05) is 6.61 Å². The zero-order valence-corrected chi connectivity index (χ0v) is 16.6. The predicted octanol–water partition coefficient (Wildman–Crippen LogP) is 4.68. The monoisotopic (exact) mass is 394 g/mol. The van der Waals surface area contributed by atoms with Crippen molar-refractivity contribution >= 4 is 22.5 Å². The molecule has 0 amide bonds. The second-order valence-electron chi connectivity index (χ2n) is 8.57.